The number of hydrogen-bond acceptors (Lipinski definition) is 3. The Kier molecular flexibility index (Phi) is 3.90. The van der Waals surface area contributed by atoms with Crippen molar-refractivity contribution < 1.29 is 4.79 Å². The Morgan fingerprint density at radius 2 is 1.95 bits per heavy atom. The van der Waals surface area contributed by atoms with Crippen molar-refractivity contribution in [3.63, 3.8) is 0 Å². The third-order valence-corrected chi connectivity index (χ3v) is 2.73. The van der Waals surface area contributed by atoms with Gasteiger partial charge in [-0.2, -0.15) is 0 Å². The van der Waals surface area contributed by atoms with Crippen LogP contribution < -0.4 is 5.56 Å². The summed E-state index contributed by atoms with van der Waals surface area (Å²) in [5.74, 6) is -0.00152. The van der Waals surface area contributed by atoms with Crippen LogP contribution in [0.2, 0.25) is 0 Å². The van der Waals surface area contributed by atoms with Crippen LogP contribution in [0.25, 0.3) is 11.3 Å². The summed E-state index contributed by atoms with van der Waals surface area (Å²) in [5.41, 5.74) is 1.06. The predicted octanol–water partition coefficient (Wildman–Crippen LogP) is 2.67. The van der Waals surface area contributed by atoms with E-state index in [1.54, 1.807) is 0 Å². The van der Waals surface area contributed by atoms with E-state index in [4.69, 9.17) is 0 Å². The molecular weight excluding hydrogens is 240 g/mol. The van der Waals surface area contributed by atoms with Gasteiger partial charge < -0.3 is 4.98 Å². The molecule has 4 nitrogen and oxygen atoms in total. The number of carbonyl (C=O) groups excluding carboxylic acids is 1. The molecule has 98 valence electrons. The Balaban J connectivity index is 2.33. The van der Waals surface area contributed by atoms with Gasteiger partial charge in [0.15, 0.2) is 11.5 Å². The number of nitrogens with zero attached hydrogens (tertiary/aromatic N) is 1. The number of aromatic amines is 1. The first-order chi connectivity index (χ1) is 9.08. The molecular formula is C15H16N2O2. The molecule has 0 fully saturated rings. The van der Waals surface area contributed by atoms with Gasteiger partial charge >= 0.3 is 0 Å². The summed E-state index contributed by atoms with van der Waals surface area (Å²) < 4.78 is 0. The van der Waals surface area contributed by atoms with Crippen LogP contribution in [0.15, 0.2) is 41.3 Å². The minimum absolute atomic E-state index is 0.00613. The second-order valence-corrected chi connectivity index (χ2v) is 4.86. The Morgan fingerprint density at radius 3 is 2.53 bits per heavy atom. The second-order valence-electron chi connectivity index (χ2n) is 4.86. The van der Waals surface area contributed by atoms with Crippen molar-refractivity contribution in [2.75, 3.05) is 0 Å². The zero-order valence-electron chi connectivity index (χ0n) is 11.0. The molecule has 0 atom stereocenters. The minimum Gasteiger partial charge on any atom is -0.319 e. The summed E-state index contributed by atoms with van der Waals surface area (Å²) in [6.45, 7) is 3.87. The Morgan fingerprint density at radius 1 is 1.26 bits per heavy atom. The summed E-state index contributed by atoms with van der Waals surface area (Å²) in [6.07, 6.45) is 1.87. The summed E-state index contributed by atoms with van der Waals surface area (Å²) in [7, 11) is 0. The lowest BCUT2D eigenvalue weighted by atomic mass is 10.1. The van der Waals surface area contributed by atoms with Gasteiger partial charge in [-0.1, -0.05) is 44.2 Å². The van der Waals surface area contributed by atoms with E-state index < -0.39 is 5.56 Å². The zero-order chi connectivity index (χ0) is 13.8. The number of ketones is 1. The number of aromatic nitrogens is 2. The van der Waals surface area contributed by atoms with Crippen molar-refractivity contribution in [2.24, 2.45) is 5.92 Å². The number of benzene rings is 1. The van der Waals surface area contributed by atoms with E-state index in [-0.39, 0.29) is 17.4 Å². The number of H-pyrrole nitrogens is 1. The van der Waals surface area contributed by atoms with E-state index in [1.807, 2.05) is 44.2 Å². The van der Waals surface area contributed by atoms with Gasteiger partial charge in [-0.3, -0.25) is 9.59 Å². The van der Waals surface area contributed by atoms with E-state index >= 15 is 0 Å². The number of Topliss-reactive ketones (excluding diaryl/α,β-unsaturated/α-hetero) is 1. The standard InChI is InChI=1S/C15H16N2O2/c1-10(2)8-13(18)14-15(19)17-12(9-16-14)11-6-4-3-5-7-11/h3-7,9-10H,8H2,1-2H3,(H,17,19). The largest absolute Gasteiger partial charge is 0.319 e. The molecule has 0 unspecified atom stereocenters. The van der Waals surface area contributed by atoms with Crippen molar-refractivity contribution in [3.8, 4) is 11.3 Å². The molecule has 0 radical (unpaired) electrons. The Hall–Kier alpha value is -2.23. The third-order valence-electron chi connectivity index (χ3n) is 2.73. The molecule has 0 bridgehead atoms. The fraction of sp³-hybridized carbons (Fsp3) is 0.267. The van der Waals surface area contributed by atoms with Gasteiger partial charge in [-0.25, -0.2) is 4.98 Å². The highest BCUT2D eigenvalue weighted by atomic mass is 16.1. The van der Waals surface area contributed by atoms with Gasteiger partial charge in [0, 0.05) is 6.42 Å². The fourth-order valence-corrected chi connectivity index (χ4v) is 1.83. The maximum Gasteiger partial charge on any atom is 0.278 e. The van der Waals surface area contributed by atoms with E-state index in [9.17, 15) is 9.59 Å². The van der Waals surface area contributed by atoms with Gasteiger partial charge in [-0.05, 0) is 11.5 Å². The van der Waals surface area contributed by atoms with Crippen molar-refractivity contribution in [1.82, 2.24) is 9.97 Å². The molecule has 1 aromatic carbocycles. The van der Waals surface area contributed by atoms with Gasteiger partial charge in [-0.15, -0.1) is 0 Å². The molecule has 0 aliphatic heterocycles. The molecule has 1 aromatic heterocycles. The summed E-state index contributed by atoms with van der Waals surface area (Å²) in [5, 5.41) is 0. The van der Waals surface area contributed by atoms with Crippen LogP contribution >= 0.6 is 0 Å². The predicted molar refractivity (Wildman–Crippen MR) is 74.1 cm³/mol. The van der Waals surface area contributed by atoms with Crippen molar-refractivity contribution >= 4 is 5.78 Å². The molecule has 19 heavy (non-hydrogen) atoms. The van der Waals surface area contributed by atoms with Crippen LogP contribution in [-0.2, 0) is 0 Å². The molecule has 0 saturated heterocycles. The lowest BCUT2D eigenvalue weighted by Crippen LogP contribution is -2.21. The first-order valence-corrected chi connectivity index (χ1v) is 6.26. The van der Waals surface area contributed by atoms with Gasteiger partial charge in [0.25, 0.3) is 5.56 Å². The highest BCUT2D eigenvalue weighted by Gasteiger charge is 2.14. The smallest absolute Gasteiger partial charge is 0.278 e. The van der Waals surface area contributed by atoms with Crippen LogP contribution in [0.3, 0.4) is 0 Å². The molecule has 0 amide bonds. The molecule has 1 heterocycles. The molecule has 4 heteroatoms. The van der Waals surface area contributed by atoms with Gasteiger partial charge in [0.2, 0.25) is 0 Å². The van der Waals surface area contributed by atoms with Gasteiger partial charge in [0.1, 0.15) is 0 Å². The van der Waals surface area contributed by atoms with E-state index in [0.717, 1.165) is 5.56 Å². The third kappa shape index (κ3) is 3.16. The first kappa shape index (κ1) is 13.2. The summed E-state index contributed by atoms with van der Waals surface area (Å²) in [4.78, 5) is 30.5. The maximum absolute atomic E-state index is 11.9. The normalized spacial score (nSPS) is 10.7. The summed E-state index contributed by atoms with van der Waals surface area (Å²) in [6, 6.07) is 9.41. The topological polar surface area (TPSA) is 62.8 Å². The van der Waals surface area contributed by atoms with E-state index in [2.05, 4.69) is 9.97 Å². The number of nitrogens with one attached hydrogen (secondary N) is 1. The molecule has 0 saturated carbocycles. The molecule has 1 N–H and O–H groups in total. The Bertz CT molecular complexity index is 630. The number of hydrogen-bond donors (Lipinski definition) is 1. The van der Waals surface area contributed by atoms with Crippen LogP contribution in [0.4, 0.5) is 0 Å². The summed E-state index contributed by atoms with van der Waals surface area (Å²) >= 11 is 0. The first-order valence-electron chi connectivity index (χ1n) is 6.26. The quantitative estimate of drug-likeness (QED) is 0.855. The number of carbonyl (C=O) groups is 1. The van der Waals surface area contributed by atoms with Crippen LogP contribution in [0, 0.1) is 5.92 Å². The van der Waals surface area contributed by atoms with Crippen LogP contribution in [0.5, 0.6) is 0 Å². The highest BCUT2D eigenvalue weighted by Crippen LogP contribution is 2.13. The van der Waals surface area contributed by atoms with Gasteiger partial charge in [0.05, 0.1) is 11.9 Å². The number of rotatable bonds is 4. The molecule has 0 aliphatic rings. The van der Waals surface area contributed by atoms with Crippen molar-refractivity contribution in [3.05, 3.63) is 52.6 Å². The fourth-order valence-electron chi connectivity index (χ4n) is 1.83. The lowest BCUT2D eigenvalue weighted by Gasteiger charge is -2.04. The van der Waals surface area contributed by atoms with E-state index in [0.29, 0.717) is 12.1 Å². The molecule has 2 aromatic rings. The average molecular weight is 256 g/mol. The van der Waals surface area contributed by atoms with Crippen molar-refractivity contribution in [1.29, 1.82) is 0 Å². The molecule has 2 rings (SSSR count). The van der Waals surface area contributed by atoms with Crippen LogP contribution in [0.1, 0.15) is 30.8 Å². The van der Waals surface area contributed by atoms with Crippen LogP contribution in [-0.4, -0.2) is 15.8 Å². The highest BCUT2D eigenvalue weighted by molar-refractivity contribution is 5.94. The molecule has 0 spiro atoms. The maximum atomic E-state index is 11.9. The molecule has 0 aliphatic carbocycles. The SMILES string of the molecule is CC(C)CC(=O)c1ncc(-c2ccccc2)[nH]c1=O. The second kappa shape index (κ2) is 5.61. The van der Waals surface area contributed by atoms with Crippen molar-refractivity contribution in [2.45, 2.75) is 20.3 Å². The lowest BCUT2D eigenvalue weighted by molar-refractivity contribution is 0.0961. The van der Waals surface area contributed by atoms with E-state index in [1.165, 1.54) is 6.20 Å². The zero-order valence-corrected chi connectivity index (χ0v) is 11.0. The monoisotopic (exact) mass is 256 g/mol. The Labute approximate surface area is 111 Å². The minimum atomic E-state index is -0.424. The average Bonchev–Trinajstić information content (AvgIpc) is 2.38.